The van der Waals surface area contributed by atoms with Gasteiger partial charge in [-0.15, -0.1) is 0 Å². The van der Waals surface area contributed by atoms with E-state index >= 15 is 0 Å². The molecule has 4 atom stereocenters. The average Bonchev–Trinajstić information content (AvgIpc) is 2.82. The van der Waals surface area contributed by atoms with Crippen LogP contribution in [0.4, 0.5) is 0 Å². The molecule has 2 bridgehead atoms. The minimum atomic E-state index is 0.796. The maximum Gasteiger partial charge on any atom is 0.0209 e. The van der Waals surface area contributed by atoms with Crippen LogP contribution in [0.25, 0.3) is 0 Å². The van der Waals surface area contributed by atoms with Crippen LogP contribution in [0, 0.1) is 11.8 Å². The van der Waals surface area contributed by atoms with Gasteiger partial charge in [0.2, 0.25) is 0 Å². The number of likely N-dealkylation sites (N-methyl/N-ethyl adjacent to an activating group) is 1. The summed E-state index contributed by atoms with van der Waals surface area (Å²) in [6.45, 7) is 2.56. The van der Waals surface area contributed by atoms with E-state index in [4.69, 9.17) is 0 Å². The van der Waals surface area contributed by atoms with Gasteiger partial charge in [-0.3, -0.25) is 0 Å². The quantitative estimate of drug-likeness (QED) is 0.716. The Balaban J connectivity index is 1.53. The van der Waals surface area contributed by atoms with Gasteiger partial charge >= 0.3 is 0 Å². The Morgan fingerprint density at radius 2 is 2.07 bits per heavy atom. The van der Waals surface area contributed by atoms with Crippen molar-refractivity contribution < 1.29 is 0 Å². The van der Waals surface area contributed by atoms with Crippen molar-refractivity contribution in [1.82, 2.24) is 10.2 Å². The third-order valence-corrected chi connectivity index (χ3v) is 4.58. The minimum absolute atomic E-state index is 0.796. The number of fused-ring (bicyclic) bond motifs is 2. The Bertz CT molecular complexity index is 216. The molecule has 2 heteroatoms. The summed E-state index contributed by atoms with van der Waals surface area (Å²) >= 11 is 0. The van der Waals surface area contributed by atoms with E-state index in [1.165, 1.54) is 45.2 Å². The monoisotopic (exact) mass is 194 g/mol. The molecular weight excluding hydrogens is 172 g/mol. The van der Waals surface area contributed by atoms with Crippen LogP contribution in [-0.2, 0) is 0 Å². The van der Waals surface area contributed by atoms with Crippen LogP contribution >= 0.6 is 0 Å². The zero-order valence-corrected chi connectivity index (χ0v) is 9.21. The van der Waals surface area contributed by atoms with Crippen molar-refractivity contribution in [2.24, 2.45) is 11.8 Å². The van der Waals surface area contributed by atoms with Crippen molar-refractivity contribution >= 4 is 0 Å². The molecule has 3 aliphatic rings. The van der Waals surface area contributed by atoms with Crippen molar-refractivity contribution in [1.29, 1.82) is 0 Å². The Morgan fingerprint density at radius 1 is 1.14 bits per heavy atom. The van der Waals surface area contributed by atoms with E-state index in [1.807, 2.05) is 0 Å². The molecule has 0 aromatic heterocycles. The first-order valence-electron chi connectivity index (χ1n) is 6.26. The highest BCUT2D eigenvalue weighted by Crippen LogP contribution is 2.44. The molecule has 3 fully saturated rings. The Labute approximate surface area is 87.0 Å². The highest BCUT2D eigenvalue weighted by atomic mass is 15.2. The summed E-state index contributed by atoms with van der Waals surface area (Å²) in [6, 6.07) is 1.68. The Hall–Kier alpha value is -0.0800. The van der Waals surface area contributed by atoms with Gasteiger partial charge in [0.15, 0.2) is 0 Å². The molecule has 1 aliphatic heterocycles. The zero-order valence-electron chi connectivity index (χ0n) is 9.21. The molecule has 80 valence electrons. The van der Waals surface area contributed by atoms with Crippen LogP contribution < -0.4 is 5.32 Å². The number of nitrogens with one attached hydrogen (secondary N) is 1. The van der Waals surface area contributed by atoms with Crippen LogP contribution in [0.3, 0.4) is 0 Å². The molecule has 0 radical (unpaired) electrons. The fourth-order valence-electron chi connectivity index (χ4n) is 3.82. The van der Waals surface area contributed by atoms with E-state index in [0.717, 1.165) is 23.9 Å². The SMILES string of the molecule is CN1CC[C@@H](N[C@@H]2C[C@@H]3CC[C@@H]2C3)C1. The molecule has 0 aromatic rings. The van der Waals surface area contributed by atoms with E-state index in [-0.39, 0.29) is 0 Å². The topological polar surface area (TPSA) is 15.3 Å². The lowest BCUT2D eigenvalue weighted by atomic mass is 9.94. The number of hydrogen-bond donors (Lipinski definition) is 1. The number of likely N-dealkylation sites (tertiary alicyclic amines) is 1. The van der Waals surface area contributed by atoms with Gasteiger partial charge in [0.05, 0.1) is 0 Å². The lowest BCUT2D eigenvalue weighted by Gasteiger charge is -2.26. The van der Waals surface area contributed by atoms with E-state index in [0.29, 0.717) is 0 Å². The second-order valence-corrected chi connectivity index (χ2v) is 5.70. The average molecular weight is 194 g/mol. The van der Waals surface area contributed by atoms with Gasteiger partial charge < -0.3 is 10.2 Å². The maximum absolute atomic E-state index is 3.90. The molecule has 0 aromatic carbocycles. The largest absolute Gasteiger partial charge is 0.310 e. The Morgan fingerprint density at radius 3 is 2.64 bits per heavy atom. The lowest BCUT2D eigenvalue weighted by Crippen LogP contribution is -2.42. The predicted octanol–water partition coefficient (Wildman–Crippen LogP) is 1.47. The molecule has 3 rings (SSSR count). The molecular formula is C12H22N2. The van der Waals surface area contributed by atoms with Crippen molar-refractivity contribution in [2.75, 3.05) is 20.1 Å². The van der Waals surface area contributed by atoms with Gasteiger partial charge in [0, 0.05) is 18.6 Å². The minimum Gasteiger partial charge on any atom is -0.310 e. The molecule has 1 N–H and O–H groups in total. The van der Waals surface area contributed by atoms with Crippen LogP contribution in [0.1, 0.15) is 32.1 Å². The first-order chi connectivity index (χ1) is 6.81. The normalized spacial score (nSPS) is 47.8. The fourth-order valence-corrected chi connectivity index (χ4v) is 3.82. The molecule has 1 saturated heterocycles. The van der Waals surface area contributed by atoms with Crippen molar-refractivity contribution in [3.63, 3.8) is 0 Å². The summed E-state index contributed by atoms with van der Waals surface area (Å²) in [7, 11) is 2.24. The maximum atomic E-state index is 3.90. The molecule has 2 nitrogen and oxygen atoms in total. The van der Waals surface area contributed by atoms with E-state index in [9.17, 15) is 0 Å². The van der Waals surface area contributed by atoms with Crippen LogP contribution in [0.2, 0.25) is 0 Å². The molecule has 1 heterocycles. The lowest BCUT2D eigenvalue weighted by molar-refractivity contribution is 0.312. The van der Waals surface area contributed by atoms with Gasteiger partial charge in [0.25, 0.3) is 0 Å². The molecule has 0 amide bonds. The van der Waals surface area contributed by atoms with Crippen molar-refractivity contribution in [3.8, 4) is 0 Å². The molecule has 0 spiro atoms. The van der Waals surface area contributed by atoms with Crippen LogP contribution in [-0.4, -0.2) is 37.1 Å². The Kier molecular flexibility index (Phi) is 2.29. The number of rotatable bonds is 2. The zero-order chi connectivity index (χ0) is 9.54. The molecule has 14 heavy (non-hydrogen) atoms. The van der Waals surface area contributed by atoms with Gasteiger partial charge in [-0.1, -0.05) is 6.42 Å². The second kappa shape index (κ2) is 3.49. The van der Waals surface area contributed by atoms with Gasteiger partial charge in [-0.05, 0) is 51.1 Å². The number of hydrogen-bond acceptors (Lipinski definition) is 2. The van der Waals surface area contributed by atoms with Gasteiger partial charge in [0.1, 0.15) is 0 Å². The smallest absolute Gasteiger partial charge is 0.0209 e. The van der Waals surface area contributed by atoms with Crippen LogP contribution in [0.5, 0.6) is 0 Å². The molecule has 2 saturated carbocycles. The first kappa shape index (κ1) is 9.17. The predicted molar refractivity (Wildman–Crippen MR) is 58.3 cm³/mol. The number of nitrogens with zero attached hydrogens (tertiary/aromatic N) is 1. The standard InChI is InChI=1S/C12H22N2/c1-14-5-4-11(8-14)13-12-7-9-2-3-10(12)6-9/h9-13H,2-8H2,1H3/t9-,10-,11-,12-/m1/s1. The van der Waals surface area contributed by atoms with E-state index in [2.05, 4.69) is 17.3 Å². The van der Waals surface area contributed by atoms with Crippen molar-refractivity contribution in [2.45, 2.75) is 44.2 Å². The van der Waals surface area contributed by atoms with E-state index in [1.54, 1.807) is 0 Å². The van der Waals surface area contributed by atoms with Gasteiger partial charge in [-0.25, -0.2) is 0 Å². The molecule has 0 unspecified atom stereocenters. The highest BCUT2D eigenvalue weighted by Gasteiger charge is 2.40. The summed E-state index contributed by atoms with van der Waals surface area (Å²) in [5.41, 5.74) is 0. The highest BCUT2D eigenvalue weighted by molar-refractivity contribution is 4.96. The summed E-state index contributed by atoms with van der Waals surface area (Å²) < 4.78 is 0. The third-order valence-electron chi connectivity index (χ3n) is 4.58. The van der Waals surface area contributed by atoms with E-state index < -0.39 is 0 Å². The summed E-state index contributed by atoms with van der Waals surface area (Å²) in [4.78, 5) is 2.45. The summed E-state index contributed by atoms with van der Waals surface area (Å²) in [5, 5.41) is 3.90. The van der Waals surface area contributed by atoms with Crippen molar-refractivity contribution in [3.05, 3.63) is 0 Å². The third kappa shape index (κ3) is 1.59. The van der Waals surface area contributed by atoms with Gasteiger partial charge in [-0.2, -0.15) is 0 Å². The summed E-state index contributed by atoms with van der Waals surface area (Å²) in [5.74, 6) is 2.11. The summed E-state index contributed by atoms with van der Waals surface area (Å²) in [6.07, 6.45) is 7.40. The first-order valence-corrected chi connectivity index (χ1v) is 6.26. The molecule has 2 aliphatic carbocycles. The fraction of sp³-hybridized carbons (Fsp3) is 1.00. The second-order valence-electron chi connectivity index (χ2n) is 5.70. The van der Waals surface area contributed by atoms with Crippen LogP contribution in [0.15, 0.2) is 0 Å².